The van der Waals surface area contributed by atoms with E-state index in [1.54, 1.807) is 26.2 Å². The Morgan fingerprint density at radius 3 is 2.46 bits per heavy atom. The van der Waals surface area contributed by atoms with Gasteiger partial charge in [0.25, 0.3) is 0 Å². The van der Waals surface area contributed by atoms with Gasteiger partial charge in [-0.3, -0.25) is 4.99 Å². The van der Waals surface area contributed by atoms with Crippen molar-refractivity contribution in [3.63, 3.8) is 0 Å². The first-order chi connectivity index (χ1) is 12.5. The van der Waals surface area contributed by atoms with E-state index in [1.165, 1.54) is 6.07 Å². The molecule has 0 bridgehead atoms. The van der Waals surface area contributed by atoms with Crippen LogP contribution in [0, 0.1) is 0 Å². The fraction of sp³-hybridized carbons (Fsp3) is 0.474. The fourth-order valence-electron chi connectivity index (χ4n) is 2.37. The highest BCUT2D eigenvalue weighted by molar-refractivity contribution is 14.0. The molecule has 1 heterocycles. The number of guanidine groups is 1. The molecule has 2 aromatic rings. The van der Waals surface area contributed by atoms with Gasteiger partial charge in [0, 0.05) is 12.5 Å². The first-order valence-corrected chi connectivity index (χ1v) is 8.60. The van der Waals surface area contributed by atoms with Gasteiger partial charge in [-0.05, 0) is 24.6 Å². The molecule has 0 saturated carbocycles. The zero-order valence-electron chi connectivity index (χ0n) is 16.5. The minimum absolute atomic E-state index is 0. The number of alkyl halides is 3. The molecule has 1 atom stereocenters. The summed E-state index contributed by atoms with van der Waals surface area (Å²) in [5.41, 5.74) is -0.298. The molecule has 0 aliphatic carbocycles. The normalized spacial score (nSPS) is 13.6. The monoisotopic (exact) mass is 510 g/mol. The lowest BCUT2D eigenvalue weighted by Crippen LogP contribution is -2.38. The van der Waals surface area contributed by atoms with Crippen molar-refractivity contribution in [1.82, 2.24) is 15.6 Å². The molecule has 0 spiro atoms. The molecule has 2 rings (SSSR count). The highest BCUT2D eigenvalue weighted by atomic mass is 127. The number of aromatic nitrogens is 1. The molecule has 2 N–H and O–H groups in total. The van der Waals surface area contributed by atoms with Crippen molar-refractivity contribution in [1.29, 1.82) is 0 Å². The summed E-state index contributed by atoms with van der Waals surface area (Å²) in [6.45, 7) is 8.17. The molecule has 156 valence electrons. The third kappa shape index (κ3) is 6.68. The van der Waals surface area contributed by atoms with Crippen molar-refractivity contribution in [2.45, 2.75) is 51.9 Å². The van der Waals surface area contributed by atoms with Crippen molar-refractivity contribution in [3.05, 3.63) is 53.2 Å². The molecule has 1 unspecified atom stereocenters. The van der Waals surface area contributed by atoms with Gasteiger partial charge >= 0.3 is 6.18 Å². The zero-order chi connectivity index (χ0) is 20.2. The number of aliphatic imine (C=N–C) groups is 1. The number of rotatable bonds is 4. The van der Waals surface area contributed by atoms with Crippen LogP contribution in [0.4, 0.5) is 13.2 Å². The van der Waals surface area contributed by atoms with Crippen LogP contribution >= 0.6 is 24.0 Å². The summed E-state index contributed by atoms with van der Waals surface area (Å²) in [6, 6.07) is 4.86. The Labute approximate surface area is 180 Å². The average Bonchev–Trinajstić information content (AvgIpc) is 3.07. The van der Waals surface area contributed by atoms with E-state index in [0.717, 1.165) is 17.9 Å². The highest BCUT2D eigenvalue weighted by Gasteiger charge is 2.30. The van der Waals surface area contributed by atoms with Crippen LogP contribution in [0.25, 0.3) is 0 Å². The van der Waals surface area contributed by atoms with Crippen LogP contribution in [0.1, 0.15) is 56.5 Å². The summed E-state index contributed by atoms with van der Waals surface area (Å²) in [6.07, 6.45) is -2.68. The van der Waals surface area contributed by atoms with Crippen LogP contribution in [0.5, 0.6) is 0 Å². The Hall–Kier alpha value is -1.78. The first kappa shape index (κ1) is 24.3. The van der Waals surface area contributed by atoms with E-state index in [1.807, 2.05) is 20.8 Å². The van der Waals surface area contributed by atoms with Gasteiger partial charge in [0.05, 0.1) is 24.3 Å². The highest BCUT2D eigenvalue weighted by Crippen LogP contribution is 2.30. The van der Waals surface area contributed by atoms with Gasteiger partial charge in [-0.2, -0.15) is 13.2 Å². The molecule has 0 aliphatic heterocycles. The molecular formula is C19H26F3IN4O. The van der Waals surface area contributed by atoms with Crippen LogP contribution in [-0.2, 0) is 18.1 Å². The van der Waals surface area contributed by atoms with E-state index in [2.05, 4.69) is 20.6 Å². The molecule has 0 radical (unpaired) electrons. The van der Waals surface area contributed by atoms with Gasteiger partial charge in [0.2, 0.25) is 5.89 Å². The van der Waals surface area contributed by atoms with Crippen LogP contribution in [0.3, 0.4) is 0 Å². The molecule has 0 amide bonds. The maximum Gasteiger partial charge on any atom is 0.416 e. The SMILES string of the molecule is CN=C(NCc1ncc(C(C)(C)C)o1)NC(C)c1cccc(C(F)(F)F)c1.I. The van der Waals surface area contributed by atoms with Crippen molar-refractivity contribution in [2.75, 3.05) is 7.05 Å². The minimum atomic E-state index is -4.37. The van der Waals surface area contributed by atoms with Gasteiger partial charge in [-0.1, -0.05) is 32.9 Å². The summed E-state index contributed by atoms with van der Waals surface area (Å²) in [5, 5.41) is 6.13. The standard InChI is InChI=1S/C19H25F3N4O.HI/c1-12(13-7-6-8-14(9-13)19(20,21)22)26-17(23-5)25-11-16-24-10-15(27-16)18(2,3)4;/h6-10,12H,11H2,1-5H3,(H2,23,25,26);1H. The van der Waals surface area contributed by atoms with Crippen molar-refractivity contribution >= 4 is 29.9 Å². The molecule has 0 aliphatic rings. The second kappa shape index (κ2) is 9.62. The third-order valence-corrected chi connectivity index (χ3v) is 3.99. The van der Waals surface area contributed by atoms with Crippen molar-refractivity contribution < 1.29 is 17.6 Å². The fourth-order valence-corrected chi connectivity index (χ4v) is 2.37. The smallest absolute Gasteiger partial charge is 0.416 e. The molecule has 1 aromatic heterocycles. The number of nitrogens with one attached hydrogen (secondary N) is 2. The number of hydrogen-bond donors (Lipinski definition) is 2. The predicted molar refractivity (Wildman–Crippen MR) is 114 cm³/mol. The lowest BCUT2D eigenvalue weighted by atomic mass is 9.94. The average molecular weight is 510 g/mol. The zero-order valence-corrected chi connectivity index (χ0v) is 18.8. The van der Waals surface area contributed by atoms with Crippen LogP contribution in [-0.4, -0.2) is 18.0 Å². The van der Waals surface area contributed by atoms with E-state index in [9.17, 15) is 13.2 Å². The minimum Gasteiger partial charge on any atom is -0.443 e. The summed E-state index contributed by atoms with van der Waals surface area (Å²) in [4.78, 5) is 8.33. The van der Waals surface area contributed by atoms with Gasteiger partial charge in [-0.15, -0.1) is 24.0 Å². The summed E-state index contributed by atoms with van der Waals surface area (Å²) < 4.78 is 44.3. The number of halogens is 4. The van der Waals surface area contributed by atoms with Crippen LogP contribution < -0.4 is 10.6 Å². The largest absolute Gasteiger partial charge is 0.443 e. The van der Waals surface area contributed by atoms with E-state index in [4.69, 9.17) is 4.42 Å². The maximum absolute atomic E-state index is 12.9. The third-order valence-electron chi connectivity index (χ3n) is 3.99. The van der Waals surface area contributed by atoms with E-state index in [0.29, 0.717) is 24.0 Å². The molecule has 5 nitrogen and oxygen atoms in total. The Bertz CT molecular complexity index is 797. The topological polar surface area (TPSA) is 62.5 Å². The van der Waals surface area contributed by atoms with Gasteiger partial charge in [0.1, 0.15) is 5.76 Å². The molecule has 0 saturated heterocycles. The van der Waals surface area contributed by atoms with Crippen molar-refractivity contribution in [3.8, 4) is 0 Å². The molecular weight excluding hydrogens is 484 g/mol. The Morgan fingerprint density at radius 2 is 1.93 bits per heavy atom. The molecule has 1 aromatic carbocycles. The van der Waals surface area contributed by atoms with E-state index < -0.39 is 11.7 Å². The molecule has 9 heteroatoms. The number of nitrogens with zero attached hydrogens (tertiary/aromatic N) is 2. The van der Waals surface area contributed by atoms with Gasteiger partial charge < -0.3 is 15.1 Å². The van der Waals surface area contributed by atoms with Gasteiger partial charge in [-0.25, -0.2) is 4.98 Å². The number of oxazole rings is 1. The molecule has 0 fully saturated rings. The van der Waals surface area contributed by atoms with Crippen molar-refractivity contribution in [2.24, 2.45) is 4.99 Å². The van der Waals surface area contributed by atoms with Crippen LogP contribution in [0.15, 0.2) is 39.9 Å². The summed E-state index contributed by atoms with van der Waals surface area (Å²) >= 11 is 0. The second-order valence-corrected chi connectivity index (χ2v) is 7.28. The Balaban J connectivity index is 0.00000392. The van der Waals surface area contributed by atoms with E-state index in [-0.39, 0.29) is 35.4 Å². The van der Waals surface area contributed by atoms with E-state index >= 15 is 0 Å². The lowest BCUT2D eigenvalue weighted by Gasteiger charge is -2.19. The number of hydrogen-bond acceptors (Lipinski definition) is 3. The summed E-state index contributed by atoms with van der Waals surface area (Å²) in [7, 11) is 1.59. The molecule has 28 heavy (non-hydrogen) atoms. The van der Waals surface area contributed by atoms with Crippen LogP contribution in [0.2, 0.25) is 0 Å². The maximum atomic E-state index is 12.9. The number of benzene rings is 1. The Kier molecular flexibility index (Phi) is 8.33. The lowest BCUT2D eigenvalue weighted by molar-refractivity contribution is -0.137. The summed E-state index contributed by atoms with van der Waals surface area (Å²) in [5.74, 6) is 1.73. The second-order valence-electron chi connectivity index (χ2n) is 7.28. The quantitative estimate of drug-likeness (QED) is 0.344. The van der Waals surface area contributed by atoms with Gasteiger partial charge in [0.15, 0.2) is 5.96 Å². The predicted octanol–water partition coefficient (Wildman–Crippen LogP) is 5.04. The Morgan fingerprint density at radius 1 is 1.25 bits per heavy atom. The first-order valence-electron chi connectivity index (χ1n) is 8.60.